The van der Waals surface area contributed by atoms with E-state index in [9.17, 15) is 9.90 Å². The fraction of sp³-hybridized carbons (Fsp3) is 0.296. The second-order valence-corrected chi connectivity index (χ2v) is 7.80. The van der Waals surface area contributed by atoms with Crippen molar-refractivity contribution in [3.63, 3.8) is 0 Å². The van der Waals surface area contributed by atoms with Gasteiger partial charge in [-0.1, -0.05) is 30.3 Å². The maximum absolute atomic E-state index is 11.3. The van der Waals surface area contributed by atoms with Gasteiger partial charge in [0.25, 0.3) is 0 Å². The number of ether oxygens (including phenoxy) is 4. The SMILES string of the molecule is CC(C)O[C@@H](Cc1ccc(OCCCOc2ccc(Oc3ccccc3)cc2)cc1)C(=O)O.[NaH]. The first kappa shape index (κ1) is 27.7. The minimum absolute atomic E-state index is 0. The molecule has 176 valence electrons. The third-order valence-corrected chi connectivity index (χ3v) is 4.69. The Morgan fingerprint density at radius 3 is 1.79 bits per heavy atom. The van der Waals surface area contributed by atoms with E-state index in [0.717, 1.165) is 35.0 Å². The van der Waals surface area contributed by atoms with Crippen LogP contribution in [0.5, 0.6) is 23.0 Å². The Morgan fingerprint density at radius 1 is 0.765 bits per heavy atom. The summed E-state index contributed by atoms with van der Waals surface area (Å²) in [5.74, 6) is 2.10. The summed E-state index contributed by atoms with van der Waals surface area (Å²) in [4.78, 5) is 11.3. The monoisotopic (exact) mass is 474 g/mol. The number of aliphatic carboxylic acids is 1. The molecule has 0 saturated heterocycles. The Kier molecular flexibility index (Phi) is 12.0. The quantitative estimate of drug-likeness (QED) is 0.275. The van der Waals surface area contributed by atoms with Crippen LogP contribution in [0.15, 0.2) is 78.9 Å². The molecule has 0 amide bonds. The average molecular weight is 475 g/mol. The van der Waals surface area contributed by atoms with Gasteiger partial charge in [0.15, 0.2) is 6.10 Å². The molecule has 0 aliphatic carbocycles. The number of para-hydroxylation sites is 1. The van der Waals surface area contributed by atoms with Crippen LogP contribution in [0.1, 0.15) is 25.8 Å². The Hall–Kier alpha value is -2.51. The summed E-state index contributed by atoms with van der Waals surface area (Å²) in [5, 5.41) is 9.29. The zero-order valence-electron chi connectivity index (χ0n) is 19.0. The molecular formula is C27H31NaO6. The average Bonchev–Trinajstić information content (AvgIpc) is 2.81. The normalized spacial score (nSPS) is 11.4. The molecule has 3 aromatic carbocycles. The van der Waals surface area contributed by atoms with Gasteiger partial charge in [0.05, 0.1) is 19.3 Å². The van der Waals surface area contributed by atoms with Crippen molar-refractivity contribution < 1.29 is 28.8 Å². The molecular weight excluding hydrogens is 443 g/mol. The summed E-state index contributed by atoms with van der Waals surface area (Å²) >= 11 is 0. The van der Waals surface area contributed by atoms with Crippen LogP contribution in [0.2, 0.25) is 0 Å². The van der Waals surface area contributed by atoms with E-state index < -0.39 is 12.1 Å². The molecule has 3 rings (SSSR count). The molecule has 0 spiro atoms. The second kappa shape index (κ2) is 14.7. The molecule has 0 heterocycles. The molecule has 3 aromatic rings. The molecule has 34 heavy (non-hydrogen) atoms. The van der Waals surface area contributed by atoms with E-state index in [4.69, 9.17) is 18.9 Å². The second-order valence-electron chi connectivity index (χ2n) is 7.80. The van der Waals surface area contributed by atoms with Gasteiger partial charge in [-0.2, -0.15) is 0 Å². The molecule has 7 heteroatoms. The van der Waals surface area contributed by atoms with Crippen molar-refractivity contribution in [3.05, 3.63) is 84.4 Å². The molecule has 0 bridgehead atoms. The van der Waals surface area contributed by atoms with Crippen molar-refractivity contribution in [1.29, 1.82) is 0 Å². The van der Waals surface area contributed by atoms with E-state index in [0.29, 0.717) is 19.6 Å². The summed E-state index contributed by atoms with van der Waals surface area (Å²) in [6.07, 6.45) is 0.0498. The van der Waals surface area contributed by atoms with Gasteiger partial charge < -0.3 is 24.1 Å². The number of carboxylic acid groups (broad SMARTS) is 1. The molecule has 0 unspecified atom stereocenters. The van der Waals surface area contributed by atoms with Crippen LogP contribution in [0.3, 0.4) is 0 Å². The number of benzene rings is 3. The van der Waals surface area contributed by atoms with Crippen molar-refractivity contribution in [2.75, 3.05) is 13.2 Å². The van der Waals surface area contributed by atoms with Crippen LogP contribution in [0.25, 0.3) is 0 Å². The van der Waals surface area contributed by atoms with Crippen LogP contribution in [0, 0.1) is 0 Å². The van der Waals surface area contributed by atoms with E-state index in [1.54, 1.807) is 0 Å². The summed E-state index contributed by atoms with van der Waals surface area (Å²) in [6.45, 7) is 4.70. The number of carbonyl (C=O) groups is 1. The van der Waals surface area contributed by atoms with Gasteiger partial charge in [-0.05, 0) is 67.9 Å². The van der Waals surface area contributed by atoms with Gasteiger partial charge in [-0.3, -0.25) is 0 Å². The molecule has 0 aliphatic rings. The van der Waals surface area contributed by atoms with Gasteiger partial charge in [-0.25, -0.2) is 4.79 Å². The Bertz CT molecular complexity index is 974. The van der Waals surface area contributed by atoms with Crippen molar-refractivity contribution in [2.24, 2.45) is 0 Å². The first-order chi connectivity index (χ1) is 16.0. The number of carboxylic acids is 1. The molecule has 6 nitrogen and oxygen atoms in total. The summed E-state index contributed by atoms with van der Waals surface area (Å²) in [6, 6.07) is 24.6. The fourth-order valence-corrected chi connectivity index (χ4v) is 3.13. The summed E-state index contributed by atoms with van der Waals surface area (Å²) in [7, 11) is 0. The van der Waals surface area contributed by atoms with E-state index in [1.807, 2.05) is 92.7 Å². The standard InChI is InChI=1S/C27H30O6.Na.H/c1-20(2)32-26(27(28)29)19-21-9-11-22(12-10-21)30-17-6-18-31-23-13-15-25(16-14-23)33-24-7-4-3-5-8-24;;/h3-5,7-16,20,26H,6,17-19H2,1-2H3,(H,28,29);;/t26-;;/m0../s1. The molecule has 0 aliphatic heterocycles. The van der Waals surface area contributed by atoms with Crippen LogP contribution in [0.4, 0.5) is 0 Å². The number of hydrogen-bond acceptors (Lipinski definition) is 5. The summed E-state index contributed by atoms with van der Waals surface area (Å²) in [5.41, 5.74) is 0.887. The van der Waals surface area contributed by atoms with Crippen LogP contribution in [-0.4, -0.2) is 66.1 Å². The van der Waals surface area contributed by atoms with Crippen molar-refractivity contribution >= 4 is 35.5 Å². The van der Waals surface area contributed by atoms with E-state index >= 15 is 0 Å². The molecule has 1 N–H and O–H groups in total. The third kappa shape index (κ3) is 9.77. The predicted octanol–water partition coefficient (Wildman–Crippen LogP) is 5.10. The Balaban J connectivity index is 0.00000408. The van der Waals surface area contributed by atoms with Crippen LogP contribution >= 0.6 is 0 Å². The van der Waals surface area contributed by atoms with Gasteiger partial charge in [0, 0.05) is 12.8 Å². The maximum atomic E-state index is 11.3. The van der Waals surface area contributed by atoms with Gasteiger partial charge in [0.2, 0.25) is 0 Å². The zero-order valence-corrected chi connectivity index (χ0v) is 19.0. The third-order valence-electron chi connectivity index (χ3n) is 4.69. The molecule has 0 radical (unpaired) electrons. The Morgan fingerprint density at radius 2 is 1.26 bits per heavy atom. The van der Waals surface area contributed by atoms with Crippen molar-refractivity contribution in [1.82, 2.24) is 0 Å². The number of rotatable bonds is 13. The van der Waals surface area contributed by atoms with Crippen molar-refractivity contribution in [2.45, 2.75) is 38.9 Å². The van der Waals surface area contributed by atoms with Crippen LogP contribution < -0.4 is 14.2 Å². The molecule has 1 atom stereocenters. The predicted molar refractivity (Wildman–Crippen MR) is 134 cm³/mol. The number of hydrogen-bond donors (Lipinski definition) is 1. The fourth-order valence-electron chi connectivity index (χ4n) is 3.13. The van der Waals surface area contributed by atoms with Gasteiger partial charge >= 0.3 is 35.5 Å². The first-order valence-corrected chi connectivity index (χ1v) is 11.1. The topological polar surface area (TPSA) is 74.2 Å². The summed E-state index contributed by atoms with van der Waals surface area (Å²) < 4.78 is 22.7. The van der Waals surface area contributed by atoms with E-state index in [1.165, 1.54) is 0 Å². The van der Waals surface area contributed by atoms with E-state index in [-0.39, 0.29) is 35.7 Å². The molecule has 0 fully saturated rings. The Labute approximate surface area is 223 Å². The first-order valence-electron chi connectivity index (χ1n) is 11.1. The zero-order chi connectivity index (χ0) is 23.5. The molecule has 0 aromatic heterocycles. The van der Waals surface area contributed by atoms with Crippen LogP contribution in [-0.2, 0) is 16.0 Å². The van der Waals surface area contributed by atoms with Gasteiger partial charge in [0.1, 0.15) is 23.0 Å². The van der Waals surface area contributed by atoms with Gasteiger partial charge in [-0.15, -0.1) is 0 Å². The minimum atomic E-state index is -0.956. The van der Waals surface area contributed by atoms with E-state index in [2.05, 4.69) is 0 Å². The molecule has 0 saturated carbocycles. The van der Waals surface area contributed by atoms with Crippen molar-refractivity contribution in [3.8, 4) is 23.0 Å².